The molecule has 0 unspecified atom stereocenters. The maximum absolute atomic E-state index is 10.7. The molecule has 1 heterocycles. The van der Waals surface area contributed by atoms with Crippen LogP contribution in [0.15, 0.2) is 36.5 Å². The van der Waals surface area contributed by atoms with Gasteiger partial charge in [-0.15, -0.1) is 0 Å². The minimum atomic E-state index is -1.09. The molecule has 0 saturated carbocycles. The minimum Gasteiger partial charge on any atom is -0.477 e. The molecule has 0 aliphatic rings. The third-order valence-electron chi connectivity index (χ3n) is 2.50. The maximum Gasteiger partial charge on any atom is 0.354 e. The van der Waals surface area contributed by atoms with Gasteiger partial charge in [-0.2, -0.15) is 5.26 Å². The second-order valence-corrected chi connectivity index (χ2v) is 3.88. The monoisotopic (exact) mass is 254 g/mol. The van der Waals surface area contributed by atoms with Crippen LogP contribution in [0.1, 0.15) is 21.6 Å². The number of benzene rings is 1. The van der Waals surface area contributed by atoms with Gasteiger partial charge < -0.3 is 9.84 Å². The number of carboxylic acids is 1. The van der Waals surface area contributed by atoms with E-state index in [2.05, 4.69) is 4.98 Å². The number of aryl methyl sites for hydroxylation is 1. The van der Waals surface area contributed by atoms with Crippen LogP contribution in [-0.4, -0.2) is 16.1 Å². The summed E-state index contributed by atoms with van der Waals surface area (Å²) in [7, 11) is 0. The van der Waals surface area contributed by atoms with Gasteiger partial charge >= 0.3 is 5.97 Å². The standard InChI is InChI=1S/C14H10N2O3/c1-9-2-3-10(7-15)6-13(9)19-11-4-5-12(14(17)18)16-8-11/h2-6,8H,1H3,(H,17,18). The Morgan fingerprint density at radius 2 is 2.16 bits per heavy atom. The summed E-state index contributed by atoms with van der Waals surface area (Å²) in [6.07, 6.45) is 1.34. The number of pyridine rings is 1. The summed E-state index contributed by atoms with van der Waals surface area (Å²) in [6, 6.07) is 10.0. The summed E-state index contributed by atoms with van der Waals surface area (Å²) >= 11 is 0. The topological polar surface area (TPSA) is 83.2 Å². The molecule has 0 aliphatic carbocycles. The van der Waals surface area contributed by atoms with E-state index in [1.165, 1.54) is 18.3 Å². The molecular weight excluding hydrogens is 244 g/mol. The number of aromatic nitrogens is 1. The van der Waals surface area contributed by atoms with Crippen molar-refractivity contribution in [3.05, 3.63) is 53.3 Å². The average molecular weight is 254 g/mol. The van der Waals surface area contributed by atoms with Gasteiger partial charge in [0.25, 0.3) is 0 Å². The number of aromatic carboxylic acids is 1. The summed E-state index contributed by atoms with van der Waals surface area (Å²) < 4.78 is 5.58. The Kier molecular flexibility index (Phi) is 3.44. The molecule has 19 heavy (non-hydrogen) atoms. The number of hydrogen-bond acceptors (Lipinski definition) is 4. The van der Waals surface area contributed by atoms with Crippen LogP contribution in [0.25, 0.3) is 0 Å². The Balaban J connectivity index is 2.26. The first-order chi connectivity index (χ1) is 9.10. The van der Waals surface area contributed by atoms with Crippen LogP contribution in [0.3, 0.4) is 0 Å². The first-order valence-electron chi connectivity index (χ1n) is 5.48. The Morgan fingerprint density at radius 1 is 1.37 bits per heavy atom. The lowest BCUT2D eigenvalue weighted by molar-refractivity contribution is 0.0690. The average Bonchev–Trinajstić information content (AvgIpc) is 2.42. The van der Waals surface area contributed by atoms with Crippen LogP contribution in [0.5, 0.6) is 11.5 Å². The zero-order valence-corrected chi connectivity index (χ0v) is 10.1. The number of nitrogens with zero attached hydrogens (tertiary/aromatic N) is 2. The number of ether oxygens (including phenoxy) is 1. The van der Waals surface area contributed by atoms with Crippen molar-refractivity contribution in [3.8, 4) is 17.6 Å². The SMILES string of the molecule is Cc1ccc(C#N)cc1Oc1ccc(C(=O)O)nc1. The van der Waals surface area contributed by atoms with E-state index < -0.39 is 5.97 Å². The number of hydrogen-bond donors (Lipinski definition) is 1. The van der Waals surface area contributed by atoms with Gasteiger partial charge in [0.05, 0.1) is 17.8 Å². The Hall–Kier alpha value is -2.87. The Bertz CT molecular complexity index is 657. The van der Waals surface area contributed by atoms with Gasteiger partial charge in [-0.1, -0.05) is 6.07 Å². The molecule has 2 aromatic rings. The van der Waals surface area contributed by atoms with Gasteiger partial charge in [-0.25, -0.2) is 9.78 Å². The molecule has 0 fully saturated rings. The predicted molar refractivity (Wildman–Crippen MR) is 67.2 cm³/mol. The smallest absolute Gasteiger partial charge is 0.354 e. The van der Waals surface area contributed by atoms with E-state index in [0.29, 0.717) is 17.1 Å². The van der Waals surface area contributed by atoms with Crippen molar-refractivity contribution in [3.63, 3.8) is 0 Å². The third-order valence-corrected chi connectivity index (χ3v) is 2.50. The molecule has 5 heteroatoms. The highest BCUT2D eigenvalue weighted by Gasteiger charge is 2.06. The fourth-order valence-corrected chi connectivity index (χ4v) is 1.47. The molecule has 0 atom stereocenters. The van der Waals surface area contributed by atoms with Crippen LogP contribution >= 0.6 is 0 Å². The first kappa shape index (κ1) is 12.6. The van der Waals surface area contributed by atoms with Crippen LogP contribution in [-0.2, 0) is 0 Å². The normalized spacial score (nSPS) is 9.68. The molecule has 5 nitrogen and oxygen atoms in total. The highest BCUT2D eigenvalue weighted by molar-refractivity contribution is 5.85. The van der Waals surface area contributed by atoms with Crippen LogP contribution in [0, 0.1) is 18.3 Å². The summed E-state index contributed by atoms with van der Waals surface area (Å²) in [5.41, 5.74) is 1.33. The summed E-state index contributed by atoms with van der Waals surface area (Å²) in [6.45, 7) is 1.86. The van der Waals surface area contributed by atoms with Crippen molar-refractivity contribution < 1.29 is 14.6 Å². The van der Waals surface area contributed by atoms with Crippen molar-refractivity contribution in [2.75, 3.05) is 0 Å². The zero-order valence-electron chi connectivity index (χ0n) is 10.1. The summed E-state index contributed by atoms with van der Waals surface area (Å²) in [4.78, 5) is 14.4. The second-order valence-electron chi connectivity index (χ2n) is 3.88. The van der Waals surface area contributed by atoms with E-state index in [4.69, 9.17) is 15.1 Å². The summed E-state index contributed by atoms with van der Waals surface area (Å²) in [5, 5.41) is 17.6. The van der Waals surface area contributed by atoms with E-state index in [0.717, 1.165) is 5.56 Å². The van der Waals surface area contributed by atoms with Gasteiger partial charge in [0, 0.05) is 0 Å². The highest BCUT2D eigenvalue weighted by atomic mass is 16.5. The number of carboxylic acid groups (broad SMARTS) is 1. The van der Waals surface area contributed by atoms with Crippen molar-refractivity contribution in [2.45, 2.75) is 6.92 Å². The molecule has 0 bridgehead atoms. The van der Waals surface area contributed by atoms with Crippen molar-refractivity contribution >= 4 is 5.97 Å². The van der Waals surface area contributed by atoms with Gasteiger partial charge in [0.15, 0.2) is 0 Å². The molecule has 0 radical (unpaired) electrons. The molecule has 1 N–H and O–H groups in total. The molecule has 0 spiro atoms. The van der Waals surface area contributed by atoms with E-state index in [1.807, 2.05) is 13.0 Å². The Labute approximate surface area is 109 Å². The lowest BCUT2D eigenvalue weighted by Gasteiger charge is -2.08. The molecule has 0 saturated heterocycles. The minimum absolute atomic E-state index is 0.0464. The highest BCUT2D eigenvalue weighted by Crippen LogP contribution is 2.25. The summed E-state index contributed by atoms with van der Waals surface area (Å²) in [5.74, 6) is -0.124. The fraction of sp³-hybridized carbons (Fsp3) is 0.0714. The van der Waals surface area contributed by atoms with E-state index in [9.17, 15) is 4.79 Å². The molecule has 2 rings (SSSR count). The van der Waals surface area contributed by atoms with Gasteiger partial charge in [-0.3, -0.25) is 0 Å². The Morgan fingerprint density at radius 3 is 2.74 bits per heavy atom. The number of nitriles is 1. The fourth-order valence-electron chi connectivity index (χ4n) is 1.47. The van der Waals surface area contributed by atoms with E-state index in [-0.39, 0.29) is 5.69 Å². The second kappa shape index (κ2) is 5.19. The molecule has 0 aliphatic heterocycles. The zero-order chi connectivity index (χ0) is 13.8. The van der Waals surface area contributed by atoms with Crippen molar-refractivity contribution in [1.82, 2.24) is 4.98 Å². The van der Waals surface area contributed by atoms with E-state index in [1.54, 1.807) is 18.2 Å². The molecule has 1 aromatic heterocycles. The molecule has 1 aromatic carbocycles. The van der Waals surface area contributed by atoms with Crippen molar-refractivity contribution in [1.29, 1.82) is 5.26 Å². The van der Waals surface area contributed by atoms with E-state index >= 15 is 0 Å². The lowest BCUT2D eigenvalue weighted by Crippen LogP contribution is -1.99. The van der Waals surface area contributed by atoms with Gasteiger partial charge in [-0.05, 0) is 36.8 Å². The predicted octanol–water partition coefficient (Wildman–Crippen LogP) is 2.75. The molecule has 94 valence electrons. The first-order valence-corrected chi connectivity index (χ1v) is 5.48. The van der Waals surface area contributed by atoms with Crippen molar-refractivity contribution in [2.24, 2.45) is 0 Å². The quantitative estimate of drug-likeness (QED) is 0.910. The molecule has 0 amide bonds. The van der Waals surface area contributed by atoms with Gasteiger partial charge in [0.2, 0.25) is 0 Å². The molecular formula is C14H10N2O3. The van der Waals surface area contributed by atoms with Crippen LogP contribution < -0.4 is 4.74 Å². The largest absolute Gasteiger partial charge is 0.477 e. The number of carbonyl (C=O) groups is 1. The van der Waals surface area contributed by atoms with Crippen LogP contribution in [0.2, 0.25) is 0 Å². The van der Waals surface area contributed by atoms with Gasteiger partial charge in [0.1, 0.15) is 17.2 Å². The number of rotatable bonds is 3. The maximum atomic E-state index is 10.7. The van der Waals surface area contributed by atoms with Crippen LogP contribution in [0.4, 0.5) is 0 Å². The lowest BCUT2D eigenvalue weighted by atomic mass is 10.1. The third kappa shape index (κ3) is 2.87.